The number of carbonyl (C=O) groups excluding carboxylic acids is 2. The van der Waals surface area contributed by atoms with Crippen LogP contribution in [-0.2, 0) is 14.3 Å². The molecule has 8 heteroatoms. The summed E-state index contributed by atoms with van der Waals surface area (Å²) in [5.74, 6) is -0.693. The average Bonchev–Trinajstić information content (AvgIpc) is 2.38. The number of hydrogen-bond donors (Lipinski definition) is 1. The molecule has 0 spiro atoms. The average molecular weight is 310 g/mol. The number of ether oxygens (including phenoxy) is 1. The van der Waals surface area contributed by atoms with E-state index >= 15 is 0 Å². The molecular formula is C13H21F3N2O3. The summed E-state index contributed by atoms with van der Waals surface area (Å²) < 4.78 is 39.8. The van der Waals surface area contributed by atoms with Gasteiger partial charge in [0.15, 0.2) is 0 Å². The van der Waals surface area contributed by atoms with Crippen molar-refractivity contribution in [3.05, 3.63) is 0 Å². The summed E-state index contributed by atoms with van der Waals surface area (Å²) in [5, 5.41) is 2.67. The highest BCUT2D eigenvalue weighted by molar-refractivity contribution is 5.99. The Balaban J connectivity index is 2.85. The minimum atomic E-state index is -4.74. The molecule has 1 N–H and O–H groups in total. The minimum Gasteiger partial charge on any atom is -0.340 e. The van der Waals surface area contributed by atoms with E-state index in [2.05, 4.69) is 10.1 Å². The molecule has 1 heterocycles. The smallest absolute Gasteiger partial charge is 0.340 e. The summed E-state index contributed by atoms with van der Waals surface area (Å²) in [7, 11) is 0. The highest BCUT2D eigenvalue weighted by atomic mass is 19.4. The van der Waals surface area contributed by atoms with Crippen LogP contribution in [-0.4, -0.2) is 47.8 Å². The lowest BCUT2D eigenvalue weighted by atomic mass is 9.90. The van der Waals surface area contributed by atoms with E-state index in [1.165, 1.54) is 4.90 Å². The van der Waals surface area contributed by atoms with E-state index in [0.29, 0.717) is 19.3 Å². The number of amides is 2. The standard InChI is InChI=1S/C13H21F3N2O3/c1-4-6-9-10(19)17-12(3,5-2)11(20)18(9)7-8-21-13(14,15)16/h9H,4-8H2,1-3H3,(H,17,19). The lowest BCUT2D eigenvalue weighted by Gasteiger charge is -2.44. The van der Waals surface area contributed by atoms with Gasteiger partial charge in [0.05, 0.1) is 6.61 Å². The molecule has 1 saturated heterocycles. The summed E-state index contributed by atoms with van der Waals surface area (Å²) in [4.78, 5) is 25.8. The van der Waals surface area contributed by atoms with Crippen LogP contribution < -0.4 is 5.32 Å². The Bertz CT molecular complexity index is 401. The number of nitrogens with zero attached hydrogens (tertiary/aromatic N) is 1. The van der Waals surface area contributed by atoms with Gasteiger partial charge in [0.2, 0.25) is 11.8 Å². The molecule has 2 atom stereocenters. The predicted molar refractivity (Wildman–Crippen MR) is 69.3 cm³/mol. The SMILES string of the molecule is CCCC1C(=O)NC(C)(CC)C(=O)N1CCOC(F)(F)F. The number of alkyl halides is 3. The molecule has 122 valence electrons. The summed E-state index contributed by atoms with van der Waals surface area (Å²) in [6.45, 7) is 4.22. The van der Waals surface area contributed by atoms with E-state index in [9.17, 15) is 22.8 Å². The molecule has 0 aliphatic carbocycles. The van der Waals surface area contributed by atoms with E-state index < -0.39 is 24.6 Å². The Morgan fingerprint density at radius 2 is 1.95 bits per heavy atom. The van der Waals surface area contributed by atoms with Gasteiger partial charge in [-0.05, 0) is 19.8 Å². The van der Waals surface area contributed by atoms with Crippen molar-refractivity contribution in [3.8, 4) is 0 Å². The van der Waals surface area contributed by atoms with Gasteiger partial charge in [-0.2, -0.15) is 0 Å². The first-order chi connectivity index (χ1) is 9.64. The van der Waals surface area contributed by atoms with E-state index in [1.54, 1.807) is 13.8 Å². The maximum Gasteiger partial charge on any atom is 0.522 e. The van der Waals surface area contributed by atoms with Crippen LogP contribution in [0, 0.1) is 0 Å². The number of rotatable bonds is 6. The molecule has 2 unspecified atom stereocenters. The lowest BCUT2D eigenvalue weighted by molar-refractivity contribution is -0.325. The van der Waals surface area contributed by atoms with Crippen molar-refractivity contribution in [2.45, 2.75) is 58.0 Å². The third kappa shape index (κ3) is 4.33. The zero-order valence-electron chi connectivity index (χ0n) is 12.4. The van der Waals surface area contributed by atoms with Crippen molar-refractivity contribution in [3.63, 3.8) is 0 Å². The molecule has 0 radical (unpaired) electrons. The number of nitrogens with one attached hydrogen (secondary N) is 1. The first-order valence-electron chi connectivity index (χ1n) is 6.98. The number of hydrogen-bond acceptors (Lipinski definition) is 3. The first-order valence-corrected chi connectivity index (χ1v) is 6.98. The molecule has 1 aliphatic rings. The van der Waals surface area contributed by atoms with Crippen LogP contribution >= 0.6 is 0 Å². The van der Waals surface area contributed by atoms with Crippen LogP contribution in [0.25, 0.3) is 0 Å². The molecule has 1 fully saturated rings. The van der Waals surface area contributed by atoms with Crippen LogP contribution in [0.4, 0.5) is 13.2 Å². The van der Waals surface area contributed by atoms with Gasteiger partial charge in [-0.3, -0.25) is 14.3 Å². The van der Waals surface area contributed by atoms with Gasteiger partial charge in [0, 0.05) is 6.54 Å². The molecule has 0 saturated carbocycles. The zero-order chi connectivity index (χ0) is 16.3. The van der Waals surface area contributed by atoms with Gasteiger partial charge in [-0.1, -0.05) is 20.3 Å². The second kappa shape index (κ2) is 6.64. The fourth-order valence-electron chi connectivity index (χ4n) is 2.33. The van der Waals surface area contributed by atoms with Gasteiger partial charge >= 0.3 is 6.36 Å². The van der Waals surface area contributed by atoms with Crippen molar-refractivity contribution in [2.75, 3.05) is 13.2 Å². The first kappa shape index (κ1) is 17.7. The Kier molecular flexibility index (Phi) is 5.61. The van der Waals surface area contributed by atoms with E-state index in [-0.39, 0.29) is 18.4 Å². The van der Waals surface area contributed by atoms with E-state index in [1.807, 2.05) is 6.92 Å². The van der Waals surface area contributed by atoms with Crippen LogP contribution in [0.2, 0.25) is 0 Å². The molecule has 0 bridgehead atoms. The fourth-order valence-corrected chi connectivity index (χ4v) is 2.33. The number of carbonyl (C=O) groups is 2. The summed E-state index contributed by atoms with van der Waals surface area (Å²) in [6, 6.07) is -0.737. The van der Waals surface area contributed by atoms with Crippen LogP contribution in [0.3, 0.4) is 0 Å². The zero-order valence-corrected chi connectivity index (χ0v) is 12.4. The second-order valence-corrected chi connectivity index (χ2v) is 5.27. The fraction of sp³-hybridized carbons (Fsp3) is 0.846. The molecule has 0 aromatic rings. The van der Waals surface area contributed by atoms with E-state index in [0.717, 1.165) is 0 Å². The predicted octanol–water partition coefficient (Wildman–Crippen LogP) is 1.82. The summed E-state index contributed by atoms with van der Waals surface area (Å²) in [6.07, 6.45) is -3.32. The second-order valence-electron chi connectivity index (χ2n) is 5.27. The highest BCUT2D eigenvalue weighted by Crippen LogP contribution is 2.24. The largest absolute Gasteiger partial charge is 0.522 e. The Hall–Kier alpha value is -1.31. The summed E-state index contributed by atoms with van der Waals surface area (Å²) in [5.41, 5.74) is -1.07. The molecular weight excluding hydrogens is 289 g/mol. The number of halogens is 3. The maximum atomic E-state index is 12.4. The van der Waals surface area contributed by atoms with Gasteiger partial charge in [0.25, 0.3) is 0 Å². The number of piperazine rings is 1. The Morgan fingerprint density at radius 1 is 1.33 bits per heavy atom. The quantitative estimate of drug-likeness (QED) is 0.814. The Morgan fingerprint density at radius 3 is 2.43 bits per heavy atom. The minimum absolute atomic E-state index is 0.258. The normalized spacial score (nSPS) is 27.0. The van der Waals surface area contributed by atoms with Gasteiger partial charge < -0.3 is 10.2 Å². The third-order valence-corrected chi connectivity index (χ3v) is 3.68. The lowest BCUT2D eigenvalue weighted by Crippen LogP contribution is -2.69. The molecule has 2 amide bonds. The van der Waals surface area contributed by atoms with Crippen molar-refractivity contribution in [2.24, 2.45) is 0 Å². The highest BCUT2D eigenvalue weighted by Gasteiger charge is 2.46. The third-order valence-electron chi connectivity index (χ3n) is 3.68. The van der Waals surface area contributed by atoms with Gasteiger partial charge in [0.1, 0.15) is 11.6 Å². The molecule has 5 nitrogen and oxygen atoms in total. The van der Waals surface area contributed by atoms with Crippen molar-refractivity contribution < 1.29 is 27.5 Å². The molecule has 0 aromatic carbocycles. The van der Waals surface area contributed by atoms with Crippen LogP contribution in [0.5, 0.6) is 0 Å². The van der Waals surface area contributed by atoms with Gasteiger partial charge in [-0.15, -0.1) is 13.2 Å². The monoisotopic (exact) mass is 310 g/mol. The van der Waals surface area contributed by atoms with Crippen LogP contribution in [0.1, 0.15) is 40.0 Å². The van der Waals surface area contributed by atoms with E-state index in [4.69, 9.17) is 0 Å². The topological polar surface area (TPSA) is 58.6 Å². The summed E-state index contributed by atoms with van der Waals surface area (Å²) >= 11 is 0. The van der Waals surface area contributed by atoms with Crippen molar-refractivity contribution >= 4 is 11.8 Å². The Labute approximate surface area is 121 Å². The van der Waals surface area contributed by atoms with Crippen LogP contribution in [0.15, 0.2) is 0 Å². The molecule has 1 aliphatic heterocycles. The van der Waals surface area contributed by atoms with Gasteiger partial charge in [-0.25, -0.2) is 0 Å². The van der Waals surface area contributed by atoms with Crippen molar-refractivity contribution in [1.29, 1.82) is 0 Å². The maximum absolute atomic E-state index is 12.4. The molecule has 1 rings (SSSR count). The molecule has 0 aromatic heterocycles. The molecule has 21 heavy (non-hydrogen) atoms. The van der Waals surface area contributed by atoms with Crippen molar-refractivity contribution in [1.82, 2.24) is 10.2 Å².